The quantitative estimate of drug-likeness (QED) is 0.501. The summed E-state index contributed by atoms with van der Waals surface area (Å²) < 4.78 is 0. The van der Waals surface area contributed by atoms with E-state index in [0.717, 1.165) is 6.42 Å². The zero-order valence-electron chi connectivity index (χ0n) is 6.45. The summed E-state index contributed by atoms with van der Waals surface area (Å²) in [5.74, 6) is -0.0325. The van der Waals surface area contributed by atoms with Crippen LogP contribution in [0.25, 0.3) is 0 Å². The maximum atomic E-state index is 8.65. The van der Waals surface area contributed by atoms with Gasteiger partial charge in [0.15, 0.2) is 0 Å². The van der Waals surface area contributed by atoms with Crippen LogP contribution in [-0.2, 0) is 0 Å². The van der Waals surface area contributed by atoms with Gasteiger partial charge in [-0.2, -0.15) is 0 Å². The summed E-state index contributed by atoms with van der Waals surface area (Å²) in [6, 6.07) is 0.115. The molecule has 1 atom stereocenters. The first-order valence-corrected chi connectivity index (χ1v) is 3.71. The molecule has 0 aromatic carbocycles. The van der Waals surface area contributed by atoms with E-state index in [-0.39, 0.29) is 25.2 Å². The molecule has 0 rings (SSSR count). The molecule has 3 heteroatoms. The number of aliphatic hydroxyl groups is 2. The van der Waals surface area contributed by atoms with Gasteiger partial charge in [-0.3, -0.25) is 0 Å². The molecule has 1 unspecified atom stereocenters. The van der Waals surface area contributed by atoms with Gasteiger partial charge in [0.1, 0.15) is 0 Å². The number of hydrogen-bond acceptors (Lipinski definition) is 3. The van der Waals surface area contributed by atoms with Gasteiger partial charge in [-0.25, -0.2) is 0 Å². The summed E-state index contributed by atoms with van der Waals surface area (Å²) in [4.78, 5) is 0. The van der Waals surface area contributed by atoms with E-state index < -0.39 is 0 Å². The molecule has 62 valence electrons. The van der Waals surface area contributed by atoms with Crippen molar-refractivity contribution in [2.75, 3.05) is 13.2 Å². The molecule has 3 nitrogen and oxygen atoms in total. The second-order valence-electron chi connectivity index (χ2n) is 2.64. The highest BCUT2D eigenvalue weighted by atomic mass is 16.3. The van der Waals surface area contributed by atoms with Crippen LogP contribution in [0, 0.1) is 5.92 Å². The van der Waals surface area contributed by atoms with Crippen molar-refractivity contribution in [2.24, 2.45) is 11.7 Å². The van der Waals surface area contributed by atoms with Crippen molar-refractivity contribution in [3.8, 4) is 0 Å². The zero-order valence-corrected chi connectivity index (χ0v) is 6.45. The zero-order chi connectivity index (χ0) is 7.98. The minimum absolute atomic E-state index is 0.0319. The fourth-order valence-corrected chi connectivity index (χ4v) is 0.802. The van der Waals surface area contributed by atoms with Crippen LogP contribution in [0.1, 0.15) is 19.8 Å². The molecule has 0 amide bonds. The molecule has 10 heavy (non-hydrogen) atoms. The second kappa shape index (κ2) is 5.65. The Morgan fingerprint density at radius 1 is 1.30 bits per heavy atom. The Morgan fingerprint density at radius 3 is 2.10 bits per heavy atom. The van der Waals surface area contributed by atoms with E-state index >= 15 is 0 Å². The van der Waals surface area contributed by atoms with Crippen molar-refractivity contribution in [1.82, 2.24) is 0 Å². The predicted octanol–water partition coefficient (Wildman–Crippen LogP) is -0.285. The van der Waals surface area contributed by atoms with Crippen molar-refractivity contribution >= 4 is 0 Å². The normalized spacial score (nSPS) is 14.1. The maximum Gasteiger partial charge on any atom is 0.0481 e. The number of rotatable bonds is 5. The molecule has 0 aliphatic carbocycles. The van der Waals surface area contributed by atoms with Crippen molar-refractivity contribution in [1.29, 1.82) is 0 Å². The van der Waals surface area contributed by atoms with E-state index in [1.54, 1.807) is 0 Å². The van der Waals surface area contributed by atoms with Gasteiger partial charge in [0.2, 0.25) is 0 Å². The van der Waals surface area contributed by atoms with E-state index in [2.05, 4.69) is 0 Å². The SMILES string of the molecule is CCC(N)CC(CO)CO. The first-order valence-electron chi connectivity index (χ1n) is 3.71. The van der Waals surface area contributed by atoms with Crippen molar-refractivity contribution < 1.29 is 10.2 Å². The molecule has 0 aliphatic rings. The van der Waals surface area contributed by atoms with Gasteiger partial charge in [0.25, 0.3) is 0 Å². The van der Waals surface area contributed by atoms with Crippen LogP contribution < -0.4 is 5.73 Å². The maximum absolute atomic E-state index is 8.65. The van der Waals surface area contributed by atoms with Crippen molar-refractivity contribution in [3.05, 3.63) is 0 Å². The lowest BCUT2D eigenvalue weighted by molar-refractivity contribution is 0.138. The summed E-state index contributed by atoms with van der Waals surface area (Å²) in [7, 11) is 0. The fourth-order valence-electron chi connectivity index (χ4n) is 0.802. The number of nitrogens with two attached hydrogens (primary N) is 1. The van der Waals surface area contributed by atoms with Crippen LogP contribution in [0.3, 0.4) is 0 Å². The Kier molecular flexibility index (Phi) is 5.58. The van der Waals surface area contributed by atoms with Gasteiger partial charge < -0.3 is 15.9 Å². The molecule has 0 spiro atoms. The summed E-state index contributed by atoms with van der Waals surface area (Å²) in [5.41, 5.74) is 5.60. The van der Waals surface area contributed by atoms with Crippen molar-refractivity contribution in [2.45, 2.75) is 25.8 Å². The van der Waals surface area contributed by atoms with E-state index in [9.17, 15) is 0 Å². The average molecular weight is 147 g/mol. The molecule has 0 aromatic heterocycles. The molecule has 0 fully saturated rings. The lowest BCUT2D eigenvalue weighted by Crippen LogP contribution is -2.25. The predicted molar refractivity (Wildman–Crippen MR) is 40.5 cm³/mol. The van der Waals surface area contributed by atoms with E-state index in [0.29, 0.717) is 6.42 Å². The van der Waals surface area contributed by atoms with Crippen LogP contribution in [0.5, 0.6) is 0 Å². The molecular weight excluding hydrogens is 130 g/mol. The number of aliphatic hydroxyl groups excluding tert-OH is 2. The minimum atomic E-state index is -0.0325. The molecule has 4 N–H and O–H groups in total. The van der Waals surface area contributed by atoms with Crippen molar-refractivity contribution in [3.63, 3.8) is 0 Å². The third kappa shape index (κ3) is 3.82. The average Bonchev–Trinajstić information content (AvgIpc) is 1.99. The summed E-state index contributed by atoms with van der Waals surface area (Å²) in [6.07, 6.45) is 1.61. The van der Waals surface area contributed by atoms with E-state index in [4.69, 9.17) is 15.9 Å². The number of hydrogen-bond donors (Lipinski definition) is 3. The van der Waals surface area contributed by atoms with Gasteiger partial charge in [-0.1, -0.05) is 6.92 Å². The lowest BCUT2D eigenvalue weighted by Gasteiger charge is -2.14. The van der Waals surface area contributed by atoms with Crippen LogP contribution in [0.2, 0.25) is 0 Å². The molecule has 0 saturated carbocycles. The van der Waals surface area contributed by atoms with Gasteiger partial charge in [-0.05, 0) is 12.8 Å². The van der Waals surface area contributed by atoms with Crippen LogP contribution >= 0.6 is 0 Å². The largest absolute Gasteiger partial charge is 0.396 e. The molecule has 0 bridgehead atoms. The second-order valence-corrected chi connectivity index (χ2v) is 2.64. The monoisotopic (exact) mass is 147 g/mol. The Bertz CT molecular complexity index is 74.0. The highest BCUT2D eigenvalue weighted by Gasteiger charge is 2.09. The molecule has 0 aromatic rings. The minimum Gasteiger partial charge on any atom is -0.396 e. The Morgan fingerprint density at radius 2 is 1.80 bits per heavy atom. The molecule has 0 heterocycles. The first kappa shape index (κ1) is 9.88. The third-order valence-electron chi connectivity index (χ3n) is 1.68. The standard InChI is InChI=1S/C7H17NO2/c1-2-7(8)3-6(4-9)5-10/h6-7,9-10H,2-5,8H2,1H3. The van der Waals surface area contributed by atoms with Gasteiger partial charge in [0, 0.05) is 25.2 Å². The topological polar surface area (TPSA) is 66.5 Å². The lowest BCUT2D eigenvalue weighted by atomic mass is 10.0. The van der Waals surface area contributed by atoms with Crippen LogP contribution in [-0.4, -0.2) is 29.5 Å². The van der Waals surface area contributed by atoms with Gasteiger partial charge in [0.05, 0.1) is 0 Å². The molecule has 0 aliphatic heterocycles. The summed E-state index contributed by atoms with van der Waals surface area (Å²) >= 11 is 0. The Labute approximate surface area is 61.9 Å². The van der Waals surface area contributed by atoms with E-state index in [1.807, 2.05) is 6.92 Å². The van der Waals surface area contributed by atoms with Gasteiger partial charge >= 0.3 is 0 Å². The third-order valence-corrected chi connectivity index (χ3v) is 1.68. The highest BCUT2D eigenvalue weighted by Crippen LogP contribution is 2.05. The summed E-state index contributed by atoms with van der Waals surface area (Å²) in [5, 5.41) is 17.3. The highest BCUT2D eigenvalue weighted by molar-refractivity contribution is 4.65. The molecular formula is C7H17NO2. The first-order chi connectivity index (χ1) is 4.74. The Balaban J connectivity index is 3.41. The van der Waals surface area contributed by atoms with Gasteiger partial charge in [-0.15, -0.1) is 0 Å². The van der Waals surface area contributed by atoms with E-state index in [1.165, 1.54) is 0 Å². The smallest absolute Gasteiger partial charge is 0.0481 e. The molecule has 0 saturated heterocycles. The summed E-state index contributed by atoms with van der Waals surface area (Å²) in [6.45, 7) is 2.06. The molecule has 0 radical (unpaired) electrons. The van der Waals surface area contributed by atoms with Crippen LogP contribution in [0.4, 0.5) is 0 Å². The fraction of sp³-hybridized carbons (Fsp3) is 1.00. The Hall–Kier alpha value is -0.120. The van der Waals surface area contributed by atoms with Crippen LogP contribution in [0.15, 0.2) is 0 Å².